The van der Waals surface area contributed by atoms with Gasteiger partial charge in [0.15, 0.2) is 0 Å². The second kappa shape index (κ2) is 5.89. The first-order chi connectivity index (χ1) is 9.78. The lowest BCUT2D eigenvalue weighted by Crippen LogP contribution is -2.56. The Bertz CT molecular complexity index is 421. The lowest BCUT2D eigenvalue weighted by Gasteiger charge is -2.52. The van der Waals surface area contributed by atoms with Crippen molar-refractivity contribution in [3.05, 3.63) is 35.9 Å². The fraction of sp³-hybridized carbons (Fsp3) is 0.684. The van der Waals surface area contributed by atoms with Crippen LogP contribution in [0.4, 0.5) is 0 Å². The normalized spacial score (nSPS) is 30.5. The highest BCUT2D eigenvalue weighted by atomic mass is 14.7. The summed E-state index contributed by atoms with van der Waals surface area (Å²) in [4.78, 5) is 0. The molecule has 3 atom stereocenters. The van der Waals surface area contributed by atoms with Crippen molar-refractivity contribution in [1.82, 2.24) is 0 Å². The van der Waals surface area contributed by atoms with Gasteiger partial charge in [0.05, 0.1) is 0 Å². The molecule has 2 fully saturated rings. The highest BCUT2D eigenvalue weighted by Gasteiger charge is 2.48. The minimum atomic E-state index is 0.288. The molecule has 1 heteroatoms. The Balaban J connectivity index is 1.85. The Kier molecular flexibility index (Phi) is 4.16. The molecule has 0 spiro atoms. The van der Waals surface area contributed by atoms with Crippen molar-refractivity contribution in [2.75, 3.05) is 0 Å². The van der Waals surface area contributed by atoms with Gasteiger partial charge in [0, 0.05) is 11.5 Å². The zero-order valence-electron chi connectivity index (χ0n) is 12.9. The average Bonchev–Trinajstić information content (AvgIpc) is 2.47. The molecule has 1 nitrogen and oxygen atoms in total. The van der Waals surface area contributed by atoms with Crippen LogP contribution in [0.25, 0.3) is 0 Å². The summed E-state index contributed by atoms with van der Waals surface area (Å²) in [6.07, 6.45) is 10.8. The standard InChI is InChI=1S/C19H29N/c1-2-15-9-6-7-12-17(15)18(20)19(13-8-14-19)16-10-4-3-5-11-16/h3-5,10-11,15,17-18H,2,6-9,12-14,20H2,1H3. The molecule has 0 bridgehead atoms. The van der Waals surface area contributed by atoms with Crippen LogP contribution in [0.2, 0.25) is 0 Å². The second-order valence-electron chi connectivity index (χ2n) is 7.02. The molecule has 110 valence electrons. The van der Waals surface area contributed by atoms with Gasteiger partial charge in [-0.3, -0.25) is 0 Å². The van der Waals surface area contributed by atoms with Crippen molar-refractivity contribution in [2.45, 2.75) is 69.7 Å². The summed E-state index contributed by atoms with van der Waals surface area (Å²) in [5.41, 5.74) is 8.67. The maximum atomic E-state index is 6.89. The maximum absolute atomic E-state index is 6.89. The van der Waals surface area contributed by atoms with Crippen LogP contribution in [-0.4, -0.2) is 6.04 Å². The molecule has 0 aliphatic heterocycles. The average molecular weight is 271 g/mol. The van der Waals surface area contributed by atoms with Gasteiger partial charge in [0.1, 0.15) is 0 Å². The predicted octanol–water partition coefficient (Wildman–Crippen LogP) is 4.65. The largest absolute Gasteiger partial charge is 0.327 e. The fourth-order valence-corrected chi connectivity index (χ4v) is 4.77. The lowest BCUT2D eigenvalue weighted by molar-refractivity contribution is 0.0937. The summed E-state index contributed by atoms with van der Waals surface area (Å²) in [6, 6.07) is 11.5. The van der Waals surface area contributed by atoms with Crippen molar-refractivity contribution in [2.24, 2.45) is 17.6 Å². The van der Waals surface area contributed by atoms with Crippen LogP contribution in [-0.2, 0) is 5.41 Å². The van der Waals surface area contributed by atoms with Crippen LogP contribution in [0.5, 0.6) is 0 Å². The zero-order valence-corrected chi connectivity index (χ0v) is 12.9. The number of nitrogens with two attached hydrogens (primary N) is 1. The van der Waals surface area contributed by atoms with Gasteiger partial charge in [-0.2, -0.15) is 0 Å². The molecule has 0 amide bonds. The maximum Gasteiger partial charge on any atom is 0.0167 e. The molecule has 0 radical (unpaired) electrons. The lowest BCUT2D eigenvalue weighted by atomic mass is 9.55. The van der Waals surface area contributed by atoms with Gasteiger partial charge in [-0.1, -0.05) is 69.4 Å². The van der Waals surface area contributed by atoms with Gasteiger partial charge in [0.2, 0.25) is 0 Å². The fourth-order valence-electron chi connectivity index (χ4n) is 4.77. The van der Waals surface area contributed by atoms with Gasteiger partial charge < -0.3 is 5.73 Å². The van der Waals surface area contributed by atoms with Gasteiger partial charge in [0.25, 0.3) is 0 Å². The molecule has 1 aromatic carbocycles. The minimum absolute atomic E-state index is 0.288. The summed E-state index contributed by atoms with van der Waals surface area (Å²) in [7, 11) is 0. The summed E-state index contributed by atoms with van der Waals surface area (Å²) in [5.74, 6) is 1.61. The highest BCUT2D eigenvalue weighted by Crippen LogP contribution is 2.50. The Morgan fingerprint density at radius 2 is 1.80 bits per heavy atom. The van der Waals surface area contributed by atoms with Crippen LogP contribution in [0.3, 0.4) is 0 Å². The number of rotatable bonds is 4. The summed E-state index contributed by atoms with van der Waals surface area (Å²) in [5, 5.41) is 0. The number of hydrogen-bond acceptors (Lipinski definition) is 1. The van der Waals surface area contributed by atoms with E-state index in [1.165, 1.54) is 56.9 Å². The van der Waals surface area contributed by atoms with Crippen LogP contribution < -0.4 is 5.73 Å². The van der Waals surface area contributed by atoms with Crippen molar-refractivity contribution < 1.29 is 0 Å². The van der Waals surface area contributed by atoms with Crippen molar-refractivity contribution in [3.8, 4) is 0 Å². The monoisotopic (exact) mass is 271 g/mol. The molecule has 3 unspecified atom stereocenters. The van der Waals surface area contributed by atoms with Crippen LogP contribution in [0, 0.1) is 11.8 Å². The van der Waals surface area contributed by atoms with E-state index in [0.717, 1.165) is 11.8 Å². The van der Waals surface area contributed by atoms with Crippen LogP contribution in [0.1, 0.15) is 63.9 Å². The molecular weight excluding hydrogens is 242 g/mol. The highest BCUT2D eigenvalue weighted by molar-refractivity contribution is 5.31. The quantitative estimate of drug-likeness (QED) is 0.847. The van der Waals surface area contributed by atoms with E-state index in [4.69, 9.17) is 5.73 Å². The first-order valence-corrected chi connectivity index (χ1v) is 8.59. The Morgan fingerprint density at radius 1 is 1.10 bits per heavy atom. The van der Waals surface area contributed by atoms with E-state index in [0.29, 0.717) is 6.04 Å². The van der Waals surface area contributed by atoms with E-state index >= 15 is 0 Å². The molecule has 3 rings (SSSR count). The zero-order chi connectivity index (χ0) is 14.0. The van der Waals surface area contributed by atoms with E-state index in [1.54, 1.807) is 0 Å². The second-order valence-corrected chi connectivity index (χ2v) is 7.02. The van der Waals surface area contributed by atoms with E-state index in [2.05, 4.69) is 37.3 Å². The van der Waals surface area contributed by atoms with Gasteiger partial charge in [-0.15, -0.1) is 0 Å². The SMILES string of the molecule is CCC1CCCCC1C(N)C1(c2ccccc2)CCC1. The third-order valence-electron chi connectivity index (χ3n) is 6.19. The van der Waals surface area contributed by atoms with Crippen molar-refractivity contribution >= 4 is 0 Å². The summed E-state index contributed by atoms with van der Waals surface area (Å²) in [6.45, 7) is 2.35. The summed E-state index contributed by atoms with van der Waals surface area (Å²) >= 11 is 0. The minimum Gasteiger partial charge on any atom is -0.327 e. The topological polar surface area (TPSA) is 26.0 Å². The molecule has 20 heavy (non-hydrogen) atoms. The molecule has 2 aliphatic carbocycles. The van der Waals surface area contributed by atoms with E-state index < -0.39 is 0 Å². The Morgan fingerprint density at radius 3 is 2.40 bits per heavy atom. The van der Waals surface area contributed by atoms with Crippen LogP contribution >= 0.6 is 0 Å². The molecule has 0 saturated heterocycles. The molecule has 2 N–H and O–H groups in total. The molecular formula is C19H29N. The molecule has 0 heterocycles. The number of benzene rings is 1. The Labute approximate surface area is 124 Å². The van der Waals surface area contributed by atoms with Crippen molar-refractivity contribution in [3.63, 3.8) is 0 Å². The third kappa shape index (κ3) is 2.30. The van der Waals surface area contributed by atoms with Crippen LogP contribution in [0.15, 0.2) is 30.3 Å². The van der Waals surface area contributed by atoms with E-state index in [-0.39, 0.29) is 5.41 Å². The van der Waals surface area contributed by atoms with Gasteiger partial charge >= 0.3 is 0 Å². The van der Waals surface area contributed by atoms with Crippen molar-refractivity contribution in [1.29, 1.82) is 0 Å². The smallest absolute Gasteiger partial charge is 0.0167 e. The predicted molar refractivity (Wildman–Crippen MR) is 85.7 cm³/mol. The first kappa shape index (κ1) is 14.1. The summed E-state index contributed by atoms with van der Waals surface area (Å²) < 4.78 is 0. The van der Waals surface area contributed by atoms with Gasteiger partial charge in [-0.05, 0) is 36.7 Å². The Hall–Kier alpha value is -0.820. The molecule has 0 aromatic heterocycles. The molecule has 2 saturated carbocycles. The van der Waals surface area contributed by atoms with Gasteiger partial charge in [-0.25, -0.2) is 0 Å². The first-order valence-electron chi connectivity index (χ1n) is 8.59. The molecule has 2 aliphatic rings. The van der Waals surface area contributed by atoms with E-state index in [9.17, 15) is 0 Å². The third-order valence-corrected chi connectivity index (χ3v) is 6.19. The van der Waals surface area contributed by atoms with E-state index in [1.807, 2.05) is 0 Å². The number of hydrogen-bond donors (Lipinski definition) is 1. The molecule has 1 aromatic rings.